The highest BCUT2D eigenvalue weighted by Crippen LogP contribution is 2.52. The Morgan fingerprint density at radius 1 is 1.14 bits per heavy atom. The molecule has 0 bridgehead atoms. The molecule has 0 aromatic heterocycles. The van der Waals surface area contributed by atoms with Crippen LogP contribution < -0.4 is 15.5 Å². The summed E-state index contributed by atoms with van der Waals surface area (Å²) in [4.78, 5) is 53.4. The van der Waals surface area contributed by atoms with Crippen LogP contribution >= 0.6 is 0 Å². The van der Waals surface area contributed by atoms with Crippen LogP contribution in [-0.2, 0) is 20.8 Å². The van der Waals surface area contributed by atoms with Crippen LogP contribution in [-0.4, -0.2) is 65.8 Å². The van der Waals surface area contributed by atoms with Gasteiger partial charge in [-0.1, -0.05) is 18.2 Å². The highest BCUT2D eigenvalue weighted by molar-refractivity contribution is 6.27. The van der Waals surface area contributed by atoms with Gasteiger partial charge in [-0.15, -0.1) is 0 Å². The fraction of sp³-hybridized carbons (Fsp3) is 0.452. The average molecular weight is 578 g/mol. The van der Waals surface area contributed by atoms with Gasteiger partial charge in [-0.25, -0.2) is 8.78 Å². The Balaban J connectivity index is 1.18. The maximum absolute atomic E-state index is 13.4. The van der Waals surface area contributed by atoms with Crippen LogP contribution in [0.5, 0.6) is 0 Å². The van der Waals surface area contributed by atoms with E-state index in [0.29, 0.717) is 49.2 Å². The molecule has 9 nitrogen and oxygen atoms in total. The second kappa shape index (κ2) is 10.3. The van der Waals surface area contributed by atoms with Gasteiger partial charge in [0, 0.05) is 54.8 Å². The van der Waals surface area contributed by atoms with Gasteiger partial charge in [-0.2, -0.15) is 0 Å². The summed E-state index contributed by atoms with van der Waals surface area (Å²) in [6, 6.07) is 8.44. The Kier molecular flexibility index (Phi) is 6.86. The van der Waals surface area contributed by atoms with Crippen molar-refractivity contribution in [2.24, 2.45) is 5.41 Å². The lowest BCUT2D eigenvalue weighted by molar-refractivity contribution is -0.144. The number of anilines is 1. The number of halogens is 2. The number of rotatable bonds is 8. The zero-order valence-electron chi connectivity index (χ0n) is 23.3. The summed E-state index contributed by atoms with van der Waals surface area (Å²) in [5, 5.41) is 15.4. The van der Waals surface area contributed by atoms with Crippen LogP contribution in [0.4, 0.5) is 14.5 Å². The van der Waals surface area contributed by atoms with Crippen molar-refractivity contribution < 1.29 is 28.0 Å². The van der Waals surface area contributed by atoms with E-state index < -0.39 is 29.7 Å². The molecule has 2 saturated heterocycles. The third-order valence-electron chi connectivity index (χ3n) is 9.31. The van der Waals surface area contributed by atoms with Gasteiger partial charge >= 0.3 is 0 Å². The standard InChI is InChI=1S/C31H33F2N5O4/c1-30(11-13-37(14-12-30)29(42)31(9-10-31)28(32)33)35-17-18(16-34)15-19-5-6-22-25-20(19)3-2-4-21(25)27(41)38(22)23-7-8-24(39)36-26(23)40/h2-6,16-17,23,28,34-35H,7-15H2,1H3,(H,36,39,40)/b18-17-,34-16?. The molecule has 1 atom stereocenters. The molecule has 3 N–H and O–H groups in total. The van der Waals surface area contributed by atoms with E-state index in [2.05, 4.69) is 10.6 Å². The number of nitrogens with one attached hydrogen (secondary N) is 3. The van der Waals surface area contributed by atoms with Crippen LogP contribution in [0, 0.1) is 10.8 Å². The molecule has 2 aromatic rings. The zero-order chi connectivity index (χ0) is 29.8. The molecule has 4 aliphatic rings. The smallest absolute Gasteiger partial charge is 0.259 e. The summed E-state index contributed by atoms with van der Waals surface area (Å²) >= 11 is 0. The third kappa shape index (κ3) is 4.64. The highest BCUT2D eigenvalue weighted by atomic mass is 19.3. The van der Waals surface area contributed by atoms with E-state index in [1.165, 1.54) is 11.1 Å². The van der Waals surface area contributed by atoms with Crippen molar-refractivity contribution in [1.82, 2.24) is 15.5 Å². The molecule has 2 aromatic carbocycles. The SMILES string of the molecule is CC1(N/C=C(\C=N)Cc2ccc3c4c(cccc24)C(=O)N3C2CCC(=O)NC2=O)CCN(C(=O)C2(C(F)F)CC2)CC1. The van der Waals surface area contributed by atoms with Crippen LogP contribution in [0.15, 0.2) is 42.1 Å². The summed E-state index contributed by atoms with van der Waals surface area (Å²) in [7, 11) is 0. The molecule has 42 heavy (non-hydrogen) atoms. The fourth-order valence-corrected chi connectivity index (χ4v) is 6.41. The fourth-order valence-electron chi connectivity index (χ4n) is 6.41. The number of carbonyl (C=O) groups is 4. The van der Waals surface area contributed by atoms with Gasteiger partial charge in [-0.3, -0.25) is 29.4 Å². The molecular formula is C31H33F2N5O4. The first-order valence-electron chi connectivity index (χ1n) is 14.3. The van der Waals surface area contributed by atoms with Crippen molar-refractivity contribution in [3.05, 3.63) is 53.2 Å². The normalized spacial score (nSPS) is 22.9. The molecule has 0 spiro atoms. The second-order valence-electron chi connectivity index (χ2n) is 12.1. The number of carbonyl (C=O) groups excluding carboxylic acids is 4. The Labute approximate surface area is 241 Å². The van der Waals surface area contributed by atoms with Crippen molar-refractivity contribution in [2.75, 3.05) is 18.0 Å². The van der Waals surface area contributed by atoms with Gasteiger partial charge in [0.2, 0.25) is 17.7 Å². The highest BCUT2D eigenvalue weighted by Gasteiger charge is 2.59. The largest absolute Gasteiger partial charge is 0.385 e. The summed E-state index contributed by atoms with van der Waals surface area (Å²) < 4.78 is 26.8. The number of allylic oxidation sites excluding steroid dienone is 1. The van der Waals surface area contributed by atoms with E-state index in [0.717, 1.165) is 16.3 Å². The summed E-state index contributed by atoms with van der Waals surface area (Å²) in [5.41, 5.74) is 0.923. The maximum atomic E-state index is 13.4. The van der Waals surface area contributed by atoms with Crippen molar-refractivity contribution >= 4 is 46.3 Å². The van der Waals surface area contributed by atoms with Crippen molar-refractivity contribution in [2.45, 2.75) is 69.9 Å². The molecule has 0 radical (unpaired) electrons. The minimum Gasteiger partial charge on any atom is -0.385 e. The van der Waals surface area contributed by atoms with Crippen LogP contribution in [0.3, 0.4) is 0 Å². The minimum atomic E-state index is -2.63. The van der Waals surface area contributed by atoms with Crippen LogP contribution in [0.1, 0.15) is 61.4 Å². The lowest BCUT2D eigenvalue weighted by Gasteiger charge is -2.41. The number of likely N-dealkylation sites (tertiary alicyclic amines) is 1. The van der Waals surface area contributed by atoms with E-state index in [9.17, 15) is 28.0 Å². The van der Waals surface area contributed by atoms with E-state index in [4.69, 9.17) is 5.41 Å². The Hall–Kier alpha value is -4.15. The van der Waals surface area contributed by atoms with Crippen molar-refractivity contribution in [1.29, 1.82) is 5.41 Å². The first-order chi connectivity index (χ1) is 20.1. The van der Waals surface area contributed by atoms with Crippen LogP contribution in [0.25, 0.3) is 10.8 Å². The number of alkyl halides is 2. The molecule has 3 heterocycles. The molecule has 4 amide bonds. The average Bonchev–Trinajstić information content (AvgIpc) is 3.74. The Morgan fingerprint density at radius 3 is 2.52 bits per heavy atom. The number of piperidine rings is 2. The van der Waals surface area contributed by atoms with E-state index in [1.807, 2.05) is 25.1 Å². The Morgan fingerprint density at radius 2 is 1.88 bits per heavy atom. The lowest BCUT2D eigenvalue weighted by Crippen LogP contribution is -2.53. The van der Waals surface area contributed by atoms with Gasteiger partial charge in [0.1, 0.15) is 11.5 Å². The number of imide groups is 1. The number of amides is 4. The van der Waals surface area contributed by atoms with Gasteiger partial charge in [0.25, 0.3) is 12.3 Å². The molecule has 3 aliphatic heterocycles. The van der Waals surface area contributed by atoms with Crippen molar-refractivity contribution in [3.63, 3.8) is 0 Å². The predicted molar refractivity (Wildman–Crippen MR) is 153 cm³/mol. The van der Waals surface area contributed by atoms with Gasteiger partial charge in [0.05, 0.1) is 5.69 Å². The summed E-state index contributed by atoms with van der Waals surface area (Å²) in [6.07, 6.45) is 3.00. The molecule has 11 heteroatoms. The molecule has 6 rings (SSSR count). The predicted octanol–water partition coefficient (Wildman–Crippen LogP) is 3.70. The molecule has 1 saturated carbocycles. The molecule has 220 valence electrons. The van der Waals surface area contributed by atoms with E-state index >= 15 is 0 Å². The molecule has 1 unspecified atom stereocenters. The van der Waals surface area contributed by atoms with E-state index in [-0.39, 0.29) is 43.0 Å². The minimum absolute atomic E-state index is 0.169. The number of hydrogen-bond acceptors (Lipinski definition) is 6. The number of nitrogens with zero attached hydrogens (tertiary/aromatic N) is 2. The molecular weight excluding hydrogens is 544 g/mol. The number of hydrogen-bond donors (Lipinski definition) is 3. The third-order valence-corrected chi connectivity index (χ3v) is 9.31. The molecule has 1 aliphatic carbocycles. The monoisotopic (exact) mass is 577 g/mol. The van der Waals surface area contributed by atoms with Crippen LogP contribution in [0.2, 0.25) is 0 Å². The van der Waals surface area contributed by atoms with Gasteiger partial charge < -0.3 is 15.6 Å². The Bertz CT molecular complexity index is 1540. The second-order valence-corrected chi connectivity index (χ2v) is 12.1. The first kappa shape index (κ1) is 28.0. The lowest BCUT2D eigenvalue weighted by atomic mass is 9.88. The first-order valence-corrected chi connectivity index (χ1v) is 14.3. The summed E-state index contributed by atoms with van der Waals surface area (Å²) in [5.74, 6) is -1.52. The van der Waals surface area contributed by atoms with Gasteiger partial charge in [-0.05, 0) is 67.7 Å². The summed E-state index contributed by atoms with van der Waals surface area (Å²) in [6.45, 7) is 2.83. The van der Waals surface area contributed by atoms with E-state index in [1.54, 1.807) is 23.2 Å². The zero-order valence-corrected chi connectivity index (χ0v) is 23.3. The molecule has 3 fully saturated rings. The quantitative estimate of drug-likeness (QED) is 0.326. The van der Waals surface area contributed by atoms with Crippen molar-refractivity contribution in [3.8, 4) is 0 Å². The van der Waals surface area contributed by atoms with Gasteiger partial charge in [0.15, 0.2) is 0 Å². The maximum Gasteiger partial charge on any atom is 0.259 e. The number of benzene rings is 2. The topological polar surface area (TPSA) is 123 Å².